The number of pyridine rings is 1. The molecule has 0 aromatic carbocycles. The minimum atomic E-state index is -0.0624. The van der Waals surface area contributed by atoms with Gasteiger partial charge >= 0.3 is 0 Å². The number of rotatable bonds is 6. The van der Waals surface area contributed by atoms with Gasteiger partial charge in [-0.25, -0.2) is 4.98 Å². The first-order valence-electron chi connectivity index (χ1n) is 7.86. The number of likely N-dealkylation sites (tertiary alicyclic amines) is 1. The average Bonchev–Trinajstić information content (AvgIpc) is 2.51. The lowest BCUT2D eigenvalue weighted by atomic mass is 10.1. The predicted molar refractivity (Wildman–Crippen MR) is 85.9 cm³/mol. The van der Waals surface area contributed by atoms with E-state index in [0.29, 0.717) is 17.3 Å². The molecule has 1 saturated heterocycles. The molecule has 1 aliphatic heterocycles. The fourth-order valence-corrected chi connectivity index (χ4v) is 2.88. The molecule has 0 aliphatic carbocycles. The Morgan fingerprint density at radius 1 is 1.33 bits per heavy atom. The molecule has 1 N–H and O–H groups in total. The van der Waals surface area contributed by atoms with Crippen LogP contribution in [0.2, 0.25) is 5.15 Å². The zero-order valence-corrected chi connectivity index (χ0v) is 13.5. The van der Waals surface area contributed by atoms with Crippen LogP contribution in [-0.4, -0.2) is 42.0 Å². The van der Waals surface area contributed by atoms with E-state index in [1.165, 1.54) is 32.4 Å². The first-order chi connectivity index (χ1) is 10.2. The van der Waals surface area contributed by atoms with Gasteiger partial charge in [-0.15, -0.1) is 0 Å². The van der Waals surface area contributed by atoms with Gasteiger partial charge in [-0.2, -0.15) is 0 Å². The summed E-state index contributed by atoms with van der Waals surface area (Å²) in [6.45, 7) is 6.18. The van der Waals surface area contributed by atoms with Crippen LogP contribution < -0.4 is 5.32 Å². The molecule has 1 aromatic heterocycles. The van der Waals surface area contributed by atoms with Crippen LogP contribution in [0, 0.1) is 0 Å². The van der Waals surface area contributed by atoms with E-state index in [9.17, 15) is 4.79 Å². The van der Waals surface area contributed by atoms with Crippen LogP contribution in [0.3, 0.4) is 0 Å². The standard InChI is InChI=1S/C16H24ClN3O/c1-2-14-11-13(12-15(17)19-14)16(21)18-7-6-10-20-8-4-3-5-9-20/h11-12H,2-10H2,1H3,(H,18,21). The number of piperidine rings is 1. The Balaban J connectivity index is 1.75. The van der Waals surface area contributed by atoms with Crippen molar-refractivity contribution in [3.63, 3.8) is 0 Å². The summed E-state index contributed by atoms with van der Waals surface area (Å²) in [5.41, 5.74) is 1.45. The van der Waals surface area contributed by atoms with Crippen molar-refractivity contribution in [1.29, 1.82) is 0 Å². The second kappa shape index (κ2) is 8.35. The third-order valence-corrected chi connectivity index (χ3v) is 4.05. The summed E-state index contributed by atoms with van der Waals surface area (Å²) in [7, 11) is 0. The monoisotopic (exact) mass is 309 g/mol. The highest BCUT2D eigenvalue weighted by molar-refractivity contribution is 6.29. The smallest absolute Gasteiger partial charge is 0.251 e. The molecule has 0 unspecified atom stereocenters. The summed E-state index contributed by atoms with van der Waals surface area (Å²) in [4.78, 5) is 18.8. The number of hydrogen-bond donors (Lipinski definition) is 1. The van der Waals surface area contributed by atoms with E-state index in [-0.39, 0.29) is 5.91 Å². The highest BCUT2D eigenvalue weighted by atomic mass is 35.5. The van der Waals surface area contributed by atoms with Gasteiger partial charge in [0.1, 0.15) is 5.15 Å². The Kier molecular flexibility index (Phi) is 6.46. The molecule has 0 bridgehead atoms. The molecular formula is C16H24ClN3O. The number of amides is 1. The summed E-state index contributed by atoms with van der Waals surface area (Å²) in [6.07, 6.45) is 5.74. The number of nitrogens with one attached hydrogen (secondary N) is 1. The quantitative estimate of drug-likeness (QED) is 0.649. The van der Waals surface area contributed by atoms with Crippen molar-refractivity contribution in [3.8, 4) is 0 Å². The molecule has 4 nitrogen and oxygen atoms in total. The molecule has 116 valence electrons. The SMILES string of the molecule is CCc1cc(C(=O)NCCCN2CCCCC2)cc(Cl)n1. The molecule has 1 aromatic rings. The Morgan fingerprint density at radius 3 is 2.81 bits per heavy atom. The topological polar surface area (TPSA) is 45.2 Å². The van der Waals surface area contributed by atoms with Crippen molar-refractivity contribution >= 4 is 17.5 Å². The highest BCUT2D eigenvalue weighted by Crippen LogP contribution is 2.12. The van der Waals surface area contributed by atoms with E-state index in [1.54, 1.807) is 6.07 Å². The zero-order chi connectivity index (χ0) is 15.1. The Morgan fingerprint density at radius 2 is 2.10 bits per heavy atom. The van der Waals surface area contributed by atoms with Gasteiger partial charge in [0.25, 0.3) is 5.91 Å². The molecule has 1 aliphatic rings. The summed E-state index contributed by atoms with van der Waals surface area (Å²) < 4.78 is 0. The number of aromatic nitrogens is 1. The van der Waals surface area contributed by atoms with E-state index in [1.807, 2.05) is 13.0 Å². The van der Waals surface area contributed by atoms with Gasteiger partial charge in [-0.1, -0.05) is 24.9 Å². The maximum Gasteiger partial charge on any atom is 0.251 e. The van der Waals surface area contributed by atoms with E-state index in [0.717, 1.165) is 25.1 Å². The van der Waals surface area contributed by atoms with E-state index in [2.05, 4.69) is 15.2 Å². The minimum Gasteiger partial charge on any atom is -0.352 e. The number of halogens is 1. The second-order valence-electron chi connectivity index (χ2n) is 5.54. The fraction of sp³-hybridized carbons (Fsp3) is 0.625. The van der Waals surface area contributed by atoms with Crippen LogP contribution in [0.25, 0.3) is 0 Å². The van der Waals surface area contributed by atoms with Crippen molar-refractivity contribution < 1.29 is 4.79 Å². The normalized spacial score (nSPS) is 15.9. The third-order valence-electron chi connectivity index (χ3n) is 3.86. The Labute approximate surface area is 131 Å². The van der Waals surface area contributed by atoms with Crippen LogP contribution >= 0.6 is 11.6 Å². The van der Waals surface area contributed by atoms with E-state index < -0.39 is 0 Å². The lowest BCUT2D eigenvalue weighted by Gasteiger charge is -2.26. The number of carbonyl (C=O) groups is 1. The third kappa shape index (κ3) is 5.29. The van der Waals surface area contributed by atoms with Crippen LogP contribution in [0.4, 0.5) is 0 Å². The van der Waals surface area contributed by atoms with Gasteiger partial charge in [0.15, 0.2) is 0 Å². The van der Waals surface area contributed by atoms with Crippen molar-refractivity contribution in [3.05, 3.63) is 28.5 Å². The van der Waals surface area contributed by atoms with Crippen molar-refractivity contribution in [2.75, 3.05) is 26.2 Å². The fourth-order valence-electron chi connectivity index (χ4n) is 2.65. The van der Waals surface area contributed by atoms with Gasteiger partial charge < -0.3 is 10.2 Å². The van der Waals surface area contributed by atoms with Crippen LogP contribution in [0.15, 0.2) is 12.1 Å². The minimum absolute atomic E-state index is 0.0624. The van der Waals surface area contributed by atoms with E-state index >= 15 is 0 Å². The van der Waals surface area contributed by atoms with Crippen molar-refractivity contribution in [1.82, 2.24) is 15.2 Å². The lowest BCUT2D eigenvalue weighted by Crippen LogP contribution is -2.33. The molecule has 0 radical (unpaired) electrons. The van der Waals surface area contributed by atoms with Gasteiger partial charge in [-0.3, -0.25) is 4.79 Å². The van der Waals surface area contributed by atoms with Crippen LogP contribution in [-0.2, 0) is 6.42 Å². The van der Waals surface area contributed by atoms with Gasteiger partial charge in [0.05, 0.1) is 0 Å². The molecular weight excluding hydrogens is 286 g/mol. The molecule has 1 amide bonds. The predicted octanol–water partition coefficient (Wildman–Crippen LogP) is 2.90. The molecule has 0 atom stereocenters. The zero-order valence-electron chi connectivity index (χ0n) is 12.7. The summed E-state index contributed by atoms with van der Waals surface area (Å²) in [5.74, 6) is -0.0624. The van der Waals surface area contributed by atoms with Crippen LogP contribution in [0.5, 0.6) is 0 Å². The Hall–Kier alpha value is -1.13. The van der Waals surface area contributed by atoms with E-state index in [4.69, 9.17) is 11.6 Å². The lowest BCUT2D eigenvalue weighted by molar-refractivity contribution is 0.0951. The van der Waals surface area contributed by atoms with Gasteiger partial charge in [0, 0.05) is 17.8 Å². The summed E-state index contributed by atoms with van der Waals surface area (Å²) in [6, 6.07) is 3.44. The first-order valence-corrected chi connectivity index (χ1v) is 8.24. The number of nitrogens with zero attached hydrogens (tertiary/aromatic N) is 2. The van der Waals surface area contributed by atoms with Gasteiger partial charge in [-0.05, 0) is 57.5 Å². The molecule has 0 saturated carbocycles. The average molecular weight is 310 g/mol. The molecule has 2 heterocycles. The molecule has 5 heteroatoms. The first kappa shape index (κ1) is 16.2. The van der Waals surface area contributed by atoms with Crippen molar-refractivity contribution in [2.24, 2.45) is 0 Å². The molecule has 0 spiro atoms. The highest BCUT2D eigenvalue weighted by Gasteiger charge is 2.11. The van der Waals surface area contributed by atoms with Crippen molar-refractivity contribution in [2.45, 2.75) is 39.0 Å². The number of carbonyl (C=O) groups excluding carboxylic acids is 1. The maximum atomic E-state index is 12.1. The largest absolute Gasteiger partial charge is 0.352 e. The molecule has 21 heavy (non-hydrogen) atoms. The number of hydrogen-bond acceptors (Lipinski definition) is 3. The van der Waals surface area contributed by atoms with Gasteiger partial charge in [0.2, 0.25) is 0 Å². The summed E-state index contributed by atoms with van der Waals surface area (Å²) >= 11 is 5.94. The maximum absolute atomic E-state index is 12.1. The molecule has 1 fully saturated rings. The molecule has 2 rings (SSSR count). The number of aryl methyl sites for hydroxylation is 1. The Bertz CT molecular complexity index is 473. The summed E-state index contributed by atoms with van der Waals surface area (Å²) in [5, 5.41) is 3.35. The van der Waals surface area contributed by atoms with Crippen LogP contribution in [0.1, 0.15) is 48.7 Å². The second-order valence-corrected chi connectivity index (χ2v) is 5.92.